The lowest BCUT2D eigenvalue weighted by Gasteiger charge is -2.12. The van der Waals surface area contributed by atoms with E-state index in [4.69, 9.17) is 4.74 Å². The molecule has 0 aliphatic heterocycles. The van der Waals surface area contributed by atoms with Crippen LogP contribution in [0.4, 0.5) is 0 Å². The van der Waals surface area contributed by atoms with E-state index in [2.05, 4.69) is 59.5 Å². The Bertz CT molecular complexity index is 934. The topological polar surface area (TPSA) is 31.2 Å². The Morgan fingerprint density at radius 1 is 1.25 bits per heavy atom. The van der Waals surface area contributed by atoms with Gasteiger partial charge in [0.25, 0.3) is 0 Å². The molecule has 1 unspecified atom stereocenters. The van der Waals surface area contributed by atoms with Crippen LogP contribution in [0.3, 0.4) is 0 Å². The Labute approximate surface area is 145 Å². The molecule has 2 aromatic heterocycles. The van der Waals surface area contributed by atoms with Gasteiger partial charge in [0.2, 0.25) is 0 Å². The van der Waals surface area contributed by atoms with E-state index in [0.717, 1.165) is 0 Å². The molecule has 24 heavy (non-hydrogen) atoms. The van der Waals surface area contributed by atoms with Crippen molar-refractivity contribution in [3.05, 3.63) is 64.0 Å². The summed E-state index contributed by atoms with van der Waals surface area (Å²) >= 11 is 1.74. The zero-order chi connectivity index (χ0) is 16.7. The number of hydrogen-bond donors (Lipinski definition) is 0. The fraction of sp³-hybridized carbons (Fsp3) is 0.250. The highest BCUT2D eigenvalue weighted by atomic mass is 32.1. The summed E-state index contributed by atoms with van der Waals surface area (Å²) in [6.07, 6.45) is 3.63. The van der Waals surface area contributed by atoms with Gasteiger partial charge in [0.1, 0.15) is 0 Å². The van der Waals surface area contributed by atoms with Gasteiger partial charge in [0.05, 0.1) is 13.0 Å². The third kappa shape index (κ3) is 2.29. The molecule has 0 amide bonds. The summed E-state index contributed by atoms with van der Waals surface area (Å²) in [5.74, 6) is -0.260. The highest BCUT2D eigenvalue weighted by molar-refractivity contribution is 7.11. The molecule has 0 fully saturated rings. The van der Waals surface area contributed by atoms with Crippen LogP contribution in [0.5, 0.6) is 0 Å². The van der Waals surface area contributed by atoms with E-state index in [9.17, 15) is 4.79 Å². The summed E-state index contributed by atoms with van der Waals surface area (Å²) in [7, 11) is 3.56. The predicted octanol–water partition coefficient (Wildman–Crippen LogP) is 4.41. The van der Waals surface area contributed by atoms with Crippen LogP contribution in [-0.4, -0.2) is 17.6 Å². The van der Waals surface area contributed by atoms with Crippen LogP contribution in [0.25, 0.3) is 16.5 Å². The van der Waals surface area contributed by atoms with Gasteiger partial charge in [0.15, 0.2) is 0 Å². The maximum Gasteiger partial charge on any atom is 0.309 e. The summed E-state index contributed by atoms with van der Waals surface area (Å²) in [6, 6.07) is 12.7. The number of aromatic nitrogens is 1. The summed E-state index contributed by atoms with van der Waals surface area (Å²) < 4.78 is 7.25. The SMILES string of the molecule is COC(=O)C1CC=C(c2cccs2)c2c(n(C)c3ccccc23)C1. The van der Waals surface area contributed by atoms with E-state index in [1.54, 1.807) is 11.3 Å². The van der Waals surface area contributed by atoms with Gasteiger partial charge in [-0.3, -0.25) is 4.79 Å². The van der Waals surface area contributed by atoms with Gasteiger partial charge in [-0.1, -0.05) is 30.3 Å². The summed E-state index contributed by atoms with van der Waals surface area (Å²) in [4.78, 5) is 13.4. The lowest BCUT2D eigenvalue weighted by Crippen LogP contribution is -2.19. The van der Waals surface area contributed by atoms with Crippen LogP contribution < -0.4 is 0 Å². The van der Waals surface area contributed by atoms with Gasteiger partial charge >= 0.3 is 5.97 Å². The molecule has 0 saturated heterocycles. The van der Waals surface area contributed by atoms with Crippen LogP contribution in [0.15, 0.2) is 47.9 Å². The van der Waals surface area contributed by atoms with Crippen molar-refractivity contribution < 1.29 is 9.53 Å². The van der Waals surface area contributed by atoms with Crippen molar-refractivity contribution in [1.29, 1.82) is 0 Å². The third-order valence-electron chi connectivity index (χ3n) is 4.86. The minimum absolute atomic E-state index is 0.130. The second kappa shape index (κ2) is 5.95. The van der Waals surface area contributed by atoms with E-state index < -0.39 is 0 Å². The number of carbonyl (C=O) groups is 1. The summed E-state index contributed by atoms with van der Waals surface area (Å²) in [6.45, 7) is 0. The Morgan fingerprint density at radius 2 is 2.08 bits per heavy atom. The van der Waals surface area contributed by atoms with Crippen LogP contribution >= 0.6 is 11.3 Å². The minimum Gasteiger partial charge on any atom is -0.469 e. The first-order chi connectivity index (χ1) is 11.7. The number of allylic oxidation sites excluding steroid dienone is 1. The van der Waals surface area contributed by atoms with Gasteiger partial charge in [-0.05, 0) is 29.5 Å². The number of aryl methyl sites for hydroxylation is 1. The standard InChI is InChI=1S/C20H19NO2S/c1-21-16-7-4-3-6-14(16)19-15(18-8-5-11-24-18)10-9-13(12-17(19)21)20(22)23-2/h3-8,10-11,13H,9,12H2,1-2H3. The maximum absolute atomic E-state index is 12.2. The number of esters is 1. The van der Waals surface area contributed by atoms with Crippen molar-refractivity contribution in [3.63, 3.8) is 0 Å². The number of ether oxygens (including phenoxy) is 1. The Hall–Kier alpha value is -2.33. The molecule has 0 spiro atoms. The molecule has 1 aromatic carbocycles. The molecule has 0 N–H and O–H groups in total. The van der Waals surface area contributed by atoms with Gasteiger partial charge < -0.3 is 9.30 Å². The fourth-order valence-corrected chi connectivity index (χ4v) is 4.44. The van der Waals surface area contributed by atoms with Crippen LogP contribution in [0, 0.1) is 5.92 Å². The Morgan fingerprint density at radius 3 is 2.83 bits per heavy atom. The number of nitrogens with zero attached hydrogens (tertiary/aromatic N) is 1. The van der Waals surface area contributed by atoms with Crippen LogP contribution in [0.1, 0.15) is 22.6 Å². The lowest BCUT2D eigenvalue weighted by molar-refractivity contribution is -0.145. The Kier molecular flexibility index (Phi) is 3.77. The third-order valence-corrected chi connectivity index (χ3v) is 5.77. The molecule has 0 bridgehead atoms. The van der Waals surface area contributed by atoms with Crippen molar-refractivity contribution in [3.8, 4) is 0 Å². The lowest BCUT2D eigenvalue weighted by atomic mass is 9.99. The maximum atomic E-state index is 12.2. The molecular weight excluding hydrogens is 318 g/mol. The number of methoxy groups -OCH3 is 1. The molecule has 4 rings (SSSR count). The van der Waals surface area contributed by atoms with E-state index in [1.807, 2.05) is 0 Å². The first-order valence-corrected chi connectivity index (χ1v) is 8.97. The predicted molar refractivity (Wildman–Crippen MR) is 98.1 cm³/mol. The average molecular weight is 337 g/mol. The van der Waals surface area contributed by atoms with Crippen molar-refractivity contribution in [1.82, 2.24) is 4.57 Å². The molecule has 3 aromatic rings. The molecule has 1 aliphatic rings. The molecule has 1 aliphatic carbocycles. The molecule has 1 atom stereocenters. The second-order valence-electron chi connectivity index (χ2n) is 6.15. The van der Waals surface area contributed by atoms with Gasteiger partial charge in [0, 0.05) is 40.5 Å². The van der Waals surface area contributed by atoms with Gasteiger partial charge in [-0.25, -0.2) is 0 Å². The monoisotopic (exact) mass is 337 g/mol. The van der Waals surface area contributed by atoms with Gasteiger partial charge in [-0.15, -0.1) is 11.3 Å². The van der Waals surface area contributed by atoms with E-state index in [0.29, 0.717) is 12.8 Å². The van der Waals surface area contributed by atoms with Crippen molar-refractivity contribution in [2.75, 3.05) is 7.11 Å². The van der Waals surface area contributed by atoms with Crippen molar-refractivity contribution in [2.45, 2.75) is 12.8 Å². The Balaban J connectivity index is 1.99. The van der Waals surface area contributed by atoms with Crippen molar-refractivity contribution >= 4 is 33.8 Å². The van der Waals surface area contributed by atoms with E-state index >= 15 is 0 Å². The second-order valence-corrected chi connectivity index (χ2v) is 7.10. The minimum atomic E-state index is -0.130. The van der Waals surface area contributed by atoms with Gasteiger partial charge in [-0.2, -0.15) is 0 Å². The normalized spacial score (nSPS) is 17.2. The fourth-order valence-electron chi connectivity index (χ4n) is 3.67. The zero-order valence-electron chi connectivity index (χ0n) is 13.8. The number of thiophene rings is 1. The quantitative estimate of drug-likeness (QED) is 0.649. The number of carbonyl (C=O) groups excluding carboxylic acids is 1. The number of hydrogen-bond acceptors (Lipinski definition) is 3. The molecule has 2 heterocycles. The first kappa shape index (κ1) is 15.2. The van der Waals surface area contributed by atoms with Crippen LogP contribution in [-0.2, 0) is 23.0 Å². The van der Waals surface area contributed by atoms with Crippen LogP contribution in [0.2, 0.25) is 0 Å². The number of benzene rings is 1. The van der Waals surface area contributed by atoms with E-state index in [1.165, 1.54) is 39.7 Å². The number of para-hydroxylation sites is 1. The molecule has 122 valence electrons. The molecule has 0 radical (unpaired) electrons. The number of rotatable bonds is 2. The summed E-state index contributed by atoms with van der Waals surface area (Å²) in [5.41, 5.74) is 4.92. The summed E-state index contributed by atoms with van der Waals surface area (Å²) in [5, 5.41) is 3.35. The zero-order valence-corrected chi connectivity index (χ0v) is 14.6. The molecule has 3 nitrogen and oxygen atoms in total. The largest absolute Gasteiger partial charge is 0.469 e. The molecule has 0 saturated carbocycles. The highest BCUT2D eigenvalue weighted by Crippen LogP contribution is 2.40. The van der Waals surface area contributed by atoms with E-state index in [-0.39, 0.29) is 11.9 Å². The highest BCUT2D eigenvalue weighted by Gasteiger charge is 2.28. The number of fused-ring (bicyclic) bond motifs is 3. The molecule has 4 heteroatoms. The average Bonchev–Trinajstić information content (AvgIpc) is 3.17. The van der Waals surface area contributed by atoms with Crippen molar-refractivity contribution in [2.24, 2.45) is 13.0 Å². The first-order valence-electron chi connectivity index (χ1n) is 8.09. The smallest absolute Gasteiger partial charge is 0.309 e. The molecular formula is C20H19NO2S.